The van der Waals surface area contributed by atoms with Crippen LogP contribution in [0, 0.1) is 5.92 Å². The fourth-order valence-corrected chi connectivity index (χ4v) is 3.22. The van der Waals surface area contributed by atoms with Crippen LogP contribution in [-0.4, -0.2) is 54.3 Å². The SMILES string of the molecule is CCN(CC)C(=O)c1ccc(NC(=O)CN2CCC[C@H](C)C2)cc1. The maximum Gasteiger partial charge on any atom is 0.253 e. The quantitative estimate of drug-likeness (QED) is 0.872. The molecule has 24 heavy (non-hydrogen) atoms. The lowest BCUT2D eigenvalue weighted by Crippen LogP contribution is -2.39. The van der Waals surface area contributed by atoms with Crippen LogP contribution in [0.25, 0.3) is 0 Å². The van der Waals surface area contributed by atoms with Crippen molar-refractivity contribution in [3.05, 3.63) is 29.8 Å². The third-order valence-electron chi connectivity index (χ3n) is 4.57. The maximum atomic E-state index is 12.3. The zero-order valence-electron chi connectivity index (χ0n) is 15.0. The van der Waals surface area contributed by atoms with Crippen LogP contribution in [0.4, 0.5) is 5.69 Å². The Morgan fingerprint density at radius 2 is 1.88 bits per heavy atom. The summed E-state index contributed by atoms with van der Waals surface area (Å²) in [7, 11) is 0. The Morgan fingerprint density at radius 3 is 2.46 bits per heavy atom. The first-order valence-corrected chi connectivity index (χ1v) is 8.95. The van der Waals surface area contributed by atoms with Crippen LogP contribution >= 0.6 is 0 Å². The minimum absolute atomic E-state index is 0.00641. The third-order valence-corrected chi connectivity index (χ3v) is 4.57. The largest absolute Gasteiger partial charge is 0.339 e. The number of anilines is 1. The molecule has 0 aliphatic carbocycles. The van der Waals surface area contributed by atoms with Crippen LogP contribution in [0.5, 0.6) is 0 Å². The summed E-state index contributed by atoms with van der Waals surface area (Å²) in [6.07, 6.45) is 2.41. The number of carbonyl (C=O) groups excluding carboxylic acids is 2. The molecule has 0 aromatic heterocycles. The van der Waals surface area contributed by atoms with E-state index in [9.17, 15) is 9.59 Å². The molecule has 1 N–H and O–H groups in total. The van der Waals surface area contributed by atoms with Crippen molar-refractivity contribution in [3.8, 4) is 0 Å². The van der Waals surface area contributed by atoms with Crippen molar-refractivity contribution in [3.63, 3.8) is 0 Å². The van der Waals surface area contributed by atoms with Gasteiger partial charge in [-0.05, 0) is 63.4 Å². The lowest BCUT2D eigenvalue weighted by Gasteiger charge is -2.30. The lowest BCUT2D eigenvalue weighted by atomic mass is 10.0. The highest BCUT2D eigenvalue weighted by atomic mass is 16.2. The van der Waals surface area contributed by atoms with Gasteiger partial charge >= 0.3 is 0 Å². The Labute approximate surface area is 145 Å². The van der Waals surface area contributed by atoms with E-state index in [2.05, 4.69) is 17.1 Å². The molecule has 1 atom stereocenters. The predicted molar refractivity (Wildman–Crippen MR) is 97.2 cm³/mol. The number of carbonyl (C=O) groups is 2. The lowest BCUT2D eigenvalue weighted by molar-refractivity contribution is -0.117. The summed E-state index contributed by atoms with van der Waals surface area (Å²) in [5.41, 5.74) is 1.39. The Balaban J connectivity index is 1.89. The Kier molecular flexibility index (Phi) is 6.79. The Hall–Kier alpha value is -1.88. The van der Waals surface area contributed by atoms with Crippen molar-refractivity contribution in [2.24, 2.45) is 5.92 Å². The molecule has 0 bridgehead atoms. The van der Waals surface area contributed by atoms with Gasteiger partial charge in [0.15, 0.2) is 0 Å². The van der Waals surface area contributed by atoms with Crippen molar-refractivity contribution >= 4 is 17.5 Å². The van der Waals surface area contributed by atoms with Gasteiger partial charge in [-0.25, -0.2) is 0 Å². The van der Waals surface area contributed by atoms with E-state index in [0.717, 1.165) is 25.2 Å². The van der Waals surface area contributed by atoms with Crippen LogP contribution in [0.15, 0.2) is 24.3 Å². The van der Waals surface area contributed by atoms with E-state index in [1.54, 1.807) is 29.2 Å². The standard InChI is InChI=1S/C19H29N3O2/c1-4-22(5-2)19(24)16-8-10-17(11-9-16)20-18(23)14-21-12-6-7-15(3)13-21/h8-11,15H,4-7,12-14H2,1-3H3,(H,20,23)/t15-/m0/s1. The molecule has 1 aromatic rings. The van der Waals surface area contributed by atoms with E-state index in [0.29, 0.717) is 31.1 Å². The summed E-state index contributed by atoms with van der Waals surface area (Å²) in [6.45, 7) is 9.99. The highest BCUT2D eigenvalue weighted by Gasteiger charge is 2.18. The first-order valence-electron chi connectivity index (χ1n) is 8.95. The van der Waals surface area contributed by atoms with Crippen LogP contribution in [-0.2, 0) is 4.79 Å². The molecule has 0 unspecified atom stereocenters. The number of nitrogens with zero attached hydrogens (tertiary/aromatic N) is 2. The van der Waals surface area contributed by atoms with Gasteiger partial charge in [0.05, 0.1) is 6.54 Å². The topological polar surface area (TPSA) is 52.7 Å². The van der Waals surface area contributed by atoms with Crippen LogP contribution < -0.4 is 5.32 Å². The summed E-state index contributed by atoms with van der Waals surface area (Å²) in [6, 6.07) is 7.15. The van der Waals surface area contributed by atoms with E-state index in [1.165, 1.54) is 6.42 Å². The van der Waals surface area contributed by atoms with Gasteiger partial charge in [-0.15, -0.1) is 0 Å². The number of amides is 2. The number of nitrogens with one attached hydrogen (secondary N) is 1. The molecule has 1 saturated heterocycles. The van der Waals surface area contributed by atoms with Crippen LogP contribution in [0.2, 0.25) is 0 Å². The van der Waals surface area contributed by atoms with Gasteiger partial charge in [0.1, 0.15) is 0 Å². The molecule has 1 aliphatic heterocycles. The van der Waals surface area contributed by atoms with E-state index in [1.807, 2.05) is 13.8 Å². The predicted octanol–water partition coefficient (Wildman–Crippen LogP) is 2.84. The normalized spacial score (nSPS) is 18.2. The van der Waals surface area contributed by atoms with Gasteiger partial charge in [0.2, 0.25) is 5.91 Å². The average Bonchev–Trinajstić information content (AvgIpc) is 2.56. The van der Waals surface area contributed by atoms with Gasteiger partial charge in [-0.2, -0.15) is 0 Å². The highest BCUT2D eigenvalue weighted by molar-refractivity contribution is 5.96. The monoisotopic (exact) mass is 331 g/mol. The number of piperidine rings is 1. The molecule has 0 radical (unpaired) electrons. The van der Waals surface area contributed by atoms with Crippen molar-refractivity contribution in [1.82, 2.24) is 9.80 Å². The van der Waals surface area contributed by atoms with Gasteiger partial charge in [0.25, 0.3) is 5.91 Å². The van der Waals surface area contributed by atoms with Gasteiger partial charge in [0, 0.05) is 30.9 Å². The summed E-state index contributed by atoms with van der Waals surface area (Å²) < 4.78 is 0. The molecule has 5 heteroatoms. The summed E-state index contributed by atoms with van der Waals surface area (Å²) in [5.74, 6) is 0.698. The highest BCUT2D eigenvalue weighted by Crippen LogP contribution is 2.16. The Bertz CT molecular complexity index is 552. The molecule has 1 fully saturated rings. The zero-order valence-corrected chi connectivity index (χ0v) is 15.0. The number of benzene rings is 1. The second-order valence-corrected chi connectivity index (χ2v) is 6.59. The summed E-state index contributed by atoms with van der Waals surface area (Å²) in [4.78, 5) is 28.4. The average molecular weight is 331 g/mol. The van der Waals surface area contributed by atoms with Gasteiger partial charge in [-0.1, -0.05) is 6.92 Å². The molecule has 2 rings (SSSR count). The molecule has 132 valence electrons. The fraction of sp³-hybridized carbons (Fsp3) is 0.579. The van der Waals surface area contributed by atoms with E-state index in [4.69, 9.17) is 0 Å². The van der Waals surface area contributed by atoms with Crippen molar-refractivity contribution in [1.29, 1.82) is 0 Å². The minimum Gasteiger partial charge on any atom is -0.339 e. The third kappa shape index (κ3) is 5.06. The second kappa shape index (κ2) is 8.83. The maximum absolute atomic E-state index is 12.3. The van der Waals surface area contributed by atoms with Crippen molar-refractivity contribution < 1.29 is 9.59 Å². The Morgan fingerprint density at radius 1 is 1.21 bits per heavy atom. The summed E-state index contributed by atoms with van der Waals surface area (Å²) in [5, 5.41) is 2.92. The summed E-state index contributed by atoms with van der Waals surface area (Å²) >= 11 is 0. The van der Waals surface area contributed by atoms with Gasteiger partial charge < -0.3 is 10.2 Å². The molecule has 1 aromatic carbocycles. The van der Waals surface area contributed by atoms with Crippen molar-refractivity contribution in [2.75, 3.05) is 38.0 Å². The van der Waals surface area contributed by atoms with E-state index < -0.39 is 0 Å². The molecule has 1 aliphatic rings. The number of hydrogen-bond acceptors (Lipinski definition) is 3. The fourth-order valence-electron chi connectivity index (χ4n) is 3.22. The molecular formula is C19H29N3O2. The van der Waals surface area contributed by atoms with E-state index >= 15 is 0 Å². The molecule has 0 saturated carbocycles. The first-order chi connectivity index (χ1) is 11.5. The molecule has 2 amide bonds. The zero-order chi connectivity index (χ0) is 17.5. The van der Waals surface area contributed by atoms with Crippen LogP contribution in [0.3, 0.4) is 0 Å². The number of likely N-dealkylation sites (tertiary alicyclic amines) is 1. The van der Waals surface area contributed by atoms with Gasteiger partial charge in [-0.3, -0.25) is 14.5 Å². The molecular weight excluding hydrogens is 302 g/mol. The first kappa shape index (κ1) is 18.5. The number of hydrogen-bond donors (Lipinski definition) is 1. The molecule has 1 heterocycles. The minimum atomic E-state index is 0.00641. The van der Waals surface area contributed by atoms with E-state index in [-0.39, 0.29) is 11.8 Å². The molecule has 0 spiro atoms. The number of rotatable bonds is 6. The molecule has 5 nitrogen and oxygen atoms in total. The second-order valence-electron chi connectivity index (χ2n) is 6.59. The van der Waals surface area contributed by atoms with Crippen molar-refractivity contribution in [2.45, 2.75) is 33.6 Å². The smallest absolute Gasteiger partial charge is 0.253 e. The van der Waals surface area contributed by atoms with Crippen LogP contribution in [0.1, 0.15) is 44.0 Å².